The van der Waals surface area contributed by atoms with Gasteiger partial charge in [0.05, 0.1) is 9.16 Å². The summed E-state index contributed by atoms with van der Waals surface area (Å²) in [4.78, 5) is 23.4. The van der Waals surface area contributed by atoms with Crippen molar-refractivity contribution in [1.82, 2.24) is 0 Å². The number of hydrogen-bond donors (Lipinski definition) is 0. The summed E-state index contributed by atoms with van der Waals surface area (Å²) in [5.41, 5.74) is 1.32. The molecule has 0 bridgehead atoms. The van der Waals surface area contributed by atoms with Crippen LogP contribution in [0.2, 0.25) is 0 Å². The Morgan fingerprint density at radius 3 is 1.55 bits per heavy atom. The molecule has 33 heavy (non-hydrogen) atoms. The van der Waals surface area contributed by atoms with Gasteiger partial charge in [0.15, 0.2) is 0 Å². The van der Waals surface area contributed by atoms with Crippen LogP contribution in [0.5, 0.6) is 0 Å². The van der Waals surface area contributed by atoms with E-state index in [0.29, 0.717) is 30.8 Å². The highest BCUT2D eigenvalue weighted by Gasteiger charge is 2.27. The summed E-state index contributed by atoms with van der Waals surface area (Å²) in [7, 11) is 0. The van der Waals surface area contributed by atoms with E-state index in [0.717, 1.165) is 11.5 Å². The molecule has 0 amide bonds. The van der Waals surface area contributed by atoms with Gasteiger partial charge in [0.2, 0.25) is 10.2 Å². The summed E-state index contributed by atoms with van der Waals surface area (Å²) < 4.78 is 1.39. The molecule has 0 spiro atoms. The Hall–Kier alpha value is 1.62. The van der Waals surface area contributed by atoms with Gasteiger partial charge in [-0.2, -0.15) is 23.5 Å². The standard InChI is InChI=1S/C23H36O2S8/c1-16(2)22(24)30-12-18-10-28-20(32-18)14-26-8-6-5-7-9-27-15-21-29-11-19(33-21)13-31-23(25)17(3)4/h18-21H,1,3,5-15H2,2,4H3. The zero-order chi connectivity index (χ0) is 24.1. The van der Waals surface area contributed by atoms with Crippen molar-refractivity contribution in [2.24, 2.45) is 0 Å². The average Bonchev–Trinajstić information content (AvgIpc) is 3.43. The molecule has 2 aliphatic rings. The number of carbonyl (C=O) groups is 2. The molecular weight excluding hydrogens is 565 g/mol. The molecule has 0 aromatic carbocycles. The number of unbranched alkanes of at least 4 members (excludes halogenated alkanes) is 2. The van der Waals surface area contributed by atoms with E-state index in [-0.39, 0.29) is 10.2 Å². The molecule has 0 aromatic heterocycles. The Bertz CT molecular complexity index is 602. The third kappa shape index (κ3) is 13.7. The molecule has 0 radical (unpaired) electrons. The quantitative estimate of drug-likeness (QED) is 0.130. The molecule has 0 N–H and O–H groups in total. The van der Waals surface area contributed by atoms with Crippen molar-refractivity contribution < 1.29 is 9.59 Å². The van der Waals surface area contributed by atoms with Gasteiger partial charge in [0.25, 0.3) is 0 Å². The largest absolute Gasteiger partial charge is 0.282 e. The Labute approximate surface area is 235 Å². The van der Waals surface area contributed by atoms with Gasteiger partial charge in [0, 0.05) is 45.0 Å². The molecular formula is C23H36O2S8. The van der Waals surface area contributed by atoms with Crippen LogP contribution >= 0.6 is 94.1 Å². The predicted octanol–water partition coefficient (Wildman–Crippen LogP) is 7.64. The van der Waals surface area contributed by atoms with Crippen molar-refractivity contribution >= 4 is 104 Å². The highest BCUT2D eigenvalue weighted by atomic mass is 32.2. The fraction of sp³-hybridized carbons (Fsp3) is 0.739. The first kappa shape index (κ1) is 30.8. The maximum atomic E-state index is 11.7. The van der Waals surface area contributed by atoms with Crippen molar-refractivity contribution in [1.29, 1.82) is 0 Å². The van der Waals surface area contributed by atoms with E-state index in [9.17, 15) is 9.59 Å². The normalized spacial score (nSPS) is 24.8. The second-order valence-electron chi connectivity index (χ2n) is 8.01. The van der Waals surface area contributed by atoms with E-state index in [1.807, 2.05) is 0 Å². The topological polar surface area (TPSA) is 34.1 Å². The molecule has 4 unspecified atom stereocenters. The lowest BCUT2D eigenvalue weighted by Crippen LogP contribution is -2.08. The van der Waals surface area contributed by atoms with Gasteiger partial charge >= 0.3 is 0 Å². The third-order valence-corrected chi connectivity index (χ3v) is 17.2. The van der Waals surface area contributed by atoms with E-state index in [1.165, 1.54) is 77.3 Å². The molecule has 2 fully saturated rings. The van der Waals surface area contributed by atoms with Crippen LogP contribution in [0.15, 0.2) is 24.3 Å². The number of hydrogen-bond acceptors (Lipinski definition) is 10. The summed E-state index contributed by atoms with van der Waals surface area (Å²) in [5.74, 6) is 9.20. The summed E-state index contributed by atoms with van der Waals surface area (Å²) in [6, 6.07) is 0. The van der Waals surface area contributed by atoms with Gasteiger partial charge in [-0.05, 0) is 49.3 Å². The van der Waals surface area contributed by atoms with E-state index < -0.39 is 0 Å². The fourth-order valence-electron chi connectivity index (χ4n) is 2.89. The van der Waals surface area contributed by atoms with Crippen molar-refractivity contribution in [2.45, 2.75) is 52.8 Å². The lowest BCUT2D eigenvalue weighted by Gasteiger charge is -2.10. The monoisotopic (exact) mass is 600 g/mol. The van der Waals surface area contributed by atoms with Gasteiger partial charge in [-0.3, -0.25) is 9.59 Å². The molecule has 0 aromatic rings. The highest BCUT2D eigenvalue weighted by Crippen LogP contribution is 2.42. The van der Waals surface area contributed by atoms with Crippen LogP contribution in [-0.2, 0) is 9.59 Å². The minimum absolute atomic E-state index is 0.146. The summed E-state index contributed by atoms with van der Waals surface area (Å²) in [5, 5.41) is 1.50. The van der Waals surface area contributed by atoms with Crippen LogP contribution in [0.1, 0.15) is 33.1 Å². The lowest BCUT2D eigenvalue weighted by atomic mass is 10.3. The Morgan fingerprint density at radius 1 is 0.727 bits per heavy atom. The summed E-state index contributed by atoms with van der Waals surface area (Å²) >= 11 is 15.3. The highest BCUT2D eigenvalue weighted by molar-refractivity contribution is 8.23. The fourth-order valence-corrected chi connectivity index (χ4v) is 14.8. The van der Waals surface area contributed by atoms with E-state index in [2.05, 4.69) is 83.7 Å². The lowest BCUT2D eigenvalue weighted by molar-refractivity contribution is -0.108. The van der Waals surface area contributed by atoms with Crippen molar-refractivity contribution in [3.8, 4) is 0 Å². The first-order valence-corrected chi connectivity index (χ1v) is 19.5. The zero-order valence-corrected chi connectivity index (χ0v) is 26.1. The Balaban J connectivity index is 1.37. The van der Waals surface area contributed by atoms with Gasteiger partial charge in [-0.15, -0.1) is 47.0 Å². The SMILES string of the molecule is C=C(C)C(=O)SCC1CSC(CSCCCCCSCC2SCC(CSC(=O)C(=C)C)S2)S1. The molecule has 0 aliphatic carbocycles. The predicted molar refractivity (Wildman–Crippen MR) is 168 cm³/mol. The molecule has 4 atom stereocenters. The minimum atomic E-state index is 0.146. The third-order valence-electron chi connectivity index (χ3n) is 4.71. The van der Waals surface area contributed by atoms with Crippen LogP contribution < -0.4 is 0 Å². The van der Waals surface area contributed by atoms with Crippen LogP contribution in [0.3, 0.4) is 0 Å². The van der Waals surface area contributed by atoms with Crippen LogP contribution in [0, 0.1) is 0 Å². The van der Waals surface area contributed by atoms with Crippen LogP contribution in [0.4, 0.5) is 0 Å². The maximum Gasteiger partial charge on any atom is 0.214 e. The average molecular weight is 601 g/mol. The van der Waals surface area contributed by atoms with Gasteiger partial charge < -0.3 is 0 Å². The molecule has 0 saturated carbocycles. The van der Waals surface area contributed by atoms with E-state index in [1.54, 1.807) is 13.8 Å². The molecule has 188 valence electrons. The molecule has 10 heteroatoms. The molecule has 2 aliphatic heterocycles. The minimum Gasteiger partial charge on any atom is -0.282 e. The first-order chi connectivity index (χ1) is 15.8. The summed E-state index contributed by atoms with van der Waals surface area (Å²) in [6.07, 6.45) is 3.98. The summed E-state index contributed by atoms with van der Waals surface area (Å²) in [6.45, 7) is 11.1. The van der Waals surface area contributed by atoms with Gasteiger partial charge in [-0.1, -0.05) is 43.1 Å². The van der Waals surface area contributed by atoms with Crippen LogP contribution in [0.25, 0.3) is 0 Å². The van der Waals surface area contributed by atoms with Crippen molar-refractivity contribution in [2.75, 3.05) is 46.0 Å². The molecule has 2 rings (SSSR count). The first-order valence-electron chi connectivity index (χ1n) is 11.2. The van der Waals surface area contributed by atoms with E-state index >= 15 is 0 Å². The number of rotatable bonds is 16. The number of carbonyl (C=O) groups excluding carboxylic acids is 2. The smallest absolute Gasteiger partial charge is 0.214 e. The number of thioether (sulfide) groups is 8. The molecule has 2 nitrogen and oxygen atoms in total. The molecule has 2 saturated heterocycles. The van der Waals surface area contributed by atoms with Gasteiger partial charge in [0.1, 0.15) is 0 Å². The van der Waals surface area contributed by atoms with Crippen molar-refractivity contribution in [3.63, 3.8) is 0 Å². The van der Waals surface area contributed by atoms with E-state index in [4.69, 9.17) is 0 Å². The second-order valence-corrected chi connectivity index (χ2v) is 18.4. The van der Waals surface area contributed by atoms with Crippen LogP contribution in [-0.4, -0.2) is 75.9 Å². The zero-order valence-electron chi connectivity index (χ0n) is 19.6. The van der Waals surface area contributed by atoms with Crippen molar-refractivity contribution in [3.05, 3.63) is 24.3 Å². The maximum absolute atomic E-state index is 11.7. The van der Waals surface area contributed by atoms with Gasteiger partial charge in [-0.25, -0.2) is 0 Å². The Kier molecular flexibility index (Phi) is 16.8. The second kappa shape index (κ2) is 18.0. The molecule has 2 heterocycles. The Morgan fingerprint density at radius 2 is 1.15 bits per heavy atom.